The maximum absolute atomic E-state index is 12.9. The minimum Gasteiger partial charge on any atom is -0.481 e. The van der Waals surface area contributed by atoms with Crippen molar-refractivity contribution in [2.24, 2.45) is 5.92 Å². The number of aliphatic carboxylic acids is 1. The van der Waals surface area contributed by atoms with Crippen molar-refractivity contribution in [2.75, 3.05) is 6.61 Å². The lowest BCUT2D eigenvalue weighted by molar-refractivity contribution is -0.144. The van der Waals surface area contributed by atoms with Crippen molar-refractivity contribution in [3.05, 3.63) is 95.1 Å². The molecule has 5 nitrogen and oxygen atoms in total. The average molecular weight is 442 g/mol. The molecule has 5 rings (SSSR count). The Kier molecular flexibility index (Phi) is 5.20. The van der Waals surface area contributed by atoms with Gasteiger partial charge in [0.25, 0.3) is 0 Å². The van der Waals surface area contributed by atoms with Crippen molar-refractivity contribution >= 4 is 12.1 Å². The van der Waals surface area contributed by atoms with Crippen molar-refractivity contribution in [3.8, 4) is 11.1 Å². The molecule has 3 aromatic carbocycles. The van der Waals surface area contributed by atoms with E-state index < -0.39 is 24.0 Å². The number of carboxylic acids is 1. The minimum absolute atomic E-state index is 0.0454. The second-order valence-corrected chi connectivity index (χ2v) is 9.57. The van der Waals surface area contributed by atoms with Crippen LogP contribution >= 0.6 is 0 Å². The Morgan fingerprint density at radius 1 is 0.909 bits per heavy atom. The molecule has 0 radical (unpaired) electrons. The molecule has 33 heavy (non-hydrogen) atoms. The summed E-state index contributed by atoms with van der Waals surface area (Å²) in [6, 6.07) is 23.5. The predicted molar refractivity (Wildman–Crippen MR) is 126 cm³/mol. The molecule has 0 aromatic heterocycles. The van der Waals surface area contributed by atoms with E-state index in [1.54, 1.807) is 0 Å². The summed E-state index contributed by atoms with van der Waals surface area (Å²) in [5, 5.41) is 12.8. The number of fused-ring (bicyclic) bond motifs is 4. The Labute approximate surface area is 193 Å². The summed E-state index contributed by atoms with van der Waals surface area (Å²) in [5.74, 6) is -1.69. The first-order valence-electron chi connectivity index (χ1n) is 11.3. The van der Waals surface area contributed by atoms with Gasteiger partial charge in [-0.25, -0.2) is 4.79 Å². The third-order valence-corrected chi connectivity index (χ3v) is 7.09. The topological polar surface area (TPSA) is 75.6 Å². The predicted octanol–water partition coefficient (Wildman–Crippen LogP) is 5.65. The number of nitrogens with one attached hydrogen (secondary N) is 1. The molecule has 2 aliphatic rings. The van der Waals surface area contributed by atoms with E-state index in [1.165, 1.54) is 0 Å². The van der Waals surface area contributed by atoms with Gasteiger partial charge in [0.05, 0.1) is 12.0 Å². The van der Waals surface area contributed by atoms with E-state index in [-0.39, 0.29) is 17.9 Å². The van der Waals surface area contributed by atoms with Crippen LogP contribution in [0.4, 0.5) is 4.79 Å². The number of rotatable bonds is 4. The van der Waals surface area contributed by atoms with E-state index in [1.807, 2.05) is 62.4 Å². The summed E-state index contributed by atoms with van der Waals surface area (Å²) in [7, 11) is 0. The lowest BCUT2D eigenvalue weighted by Gasteiger charge is -2.40. The number of hydrogen-bond acceptors (Lipinski definition) is 3. The molecule has 0 heterocycles. The number of alkyl carbamates (subject to hydrolysis) is 1. The van der Waals surface area contributed by atoms with Crippen molar-refractivity contribution in [3.63, 3.8) is 0 Å². The quantitative estimate of drug-likeness (QED) is 0.549. The van der Waals surface area contributed by atoms with Crippen LogP contribution in [0.25, 0.3) is 11.1 Å². The Morgan fingerprint density at radius 3 is 2.06 bits per heavy atom. The molecule has 2 atom stereocenters. The van der Waals surface area contributed by atoms with Gasteiger partial charge in [0.1, 0.15) is 6.61 Å². The number of benzene rings is 3. The second kappa shape index (κ2) is 8.07. The molecule has 0 unspecified atom stereocenters. The molecule has 2 N–H and O–H groups in total. The lowest BCUT2D eigenvalue weighted by atomic mass is 9.66. The molecule has 0 bridgehead atoms. The number of carbonyl (C=O) groups excluding carboxylic acids is 1. The van der Waals surface area contributed by atoms with Crippen LogP contribution in [0.15, 0.2) is 72.8 Å². The maximum Gasteiger partial charge on any atom is 0.407 e. The number of carboxylic acid groups (broad SMARTS) is 1. The maximum atomic E-state index is 12.9. The van der Waals surface area contributed by atoms with Crippen LogP contribution in [0.3, 0.4) is 0 Å². The standard InChI is InChI=1S/C28H27NO4/c1-28(2)15-22(26(30)31)25(21-13-7-8-14-24(21)28)29-27(32)33-16-23-19-11-5-3-9-17(19)18-10-4-6-12-20(18)23/h3-14,22-23,25H,15-16H2,1-2H3,(H,29,32)(H,30,31)/t22-,25+/m0/s1. The highest BCUT2D eigenvalue weighted by molar-refractivity contribution is 5.79. The summed E-state index contributed by atoms with van der Waals surface area (Å²) in [6.45, 7) is 4.29. The lowest BCUT2D eigenvalue weighted by Crippen LogP contribution is -2.44. The van der Waals surface area contributed by atoms with Crippen LogP contribution in [-0.2, 0) is 14.9 Å². The summed E-state index contributed by atoms with van der Waals surface area (Å²) >= 11 is 0. The Morgan fingerprint density at radius 2 is 1.45 bits per heavy atom. The first kappa shape index (κ1) is 21.3. The van der Waals surface area contributed by atoms with Gasteiger partial charge in [-0.2, -0.15) is 0 Å². The highest BCUT2D eigenvalue weighted by Crippen LogP contribution is 2.46. The molecule has 168 valence electrons. The van der Waals surface area contributed by atoms with Gasteiger partial charge < -0.3 is 15.2 Å². The Hall–Kier alpha value is -3.60. The third kappa shape index (κ3) is 3.67. The fourth-order valence-electron chi connectivity index (χ4n) is 5.55. The summed E-state index contributed by atoms with van der Waals surface area (Å²) in [6.07, 6.45) is -0.157. The third-order valence-electron chi connectivity index (χ3n) is 7.09. The van der Waals surface area contributed by atoms with E-state index in [9.17, 15) is 14.7 Å². The summed E-state index contributed by atoms with van der Waals surface area (Å²) in [4.78, 5) is 25.0. The van der Waals surface area contributed by atoms with E-state index in [0.29, 0.717) is 6.42 Å². The fourth-order valence-corrected chi connectivity index (χ4v) is 5.55. The van der Waals surface area contributed by atoms with Gasteiger partial charge in [0, 0.05) is 5.92 Å². The number of ether oxygens (including phenoxy) is 1. The molecule has 5 heteroatoms. The summed E-state index contributed by atoms with van der Waals surface area (Å²) < 4.78 is 5.69. The van der Waals surface area contributed by atoms with Crippen LogP contribution in [0.2, 0.25) is 0 Å². The van der Waals surface area contributed by atoms with Gasteiger partial charge in [0.15, 0.2) is 0 Å². The zero-order valence-corrected chi connectivity index (χ0v) is 18.7. The number of carbonyl (C=O) groups is 2. The van der Waals surface area contributed by atoms with Gasteiger partial charge in [-0.3, -0.25) is 4.79 Å². The highest BCUT2D eigenvalue weighted by Gasteiger charge is 2.43. The van der Waals surface area contributed by atoms with E-state index in [2.05, 4.69) is 29.6 Å². The molecule has 2 aliphatic carbocycles. The van der Waals surface area contributed by atoms with Gasteiger partial charge in [-0.05, 0) is 45.2 Å². The van der Waals surface area contributed by atoms with Crippen LogP contribution in [0, 0.1) is 5.92 Å². The van der Waals surface area contributed by atoms with Crippen LogP contribution in [0.1, 0.15) is 54.5 Å². The van der Waals surface area contributed by atoms with Crippen molar-refractivity contribution in [1.29, 1.82) is 0 Å². The van der Waals surface area contributed by atoms with Crippen molar-refractivity contribution in [1.82, 2.24) is 5.32 Å². The smallest absolute Gasteiger partial charge is 0.407 e. The zero-order valence-electron chi connectivity index (χ0n) is 18.7. The Balaban J connectivity index is 1.37. The summed E-state index contributed by atoms with van der Waals surface area (Å²) in [5.41, 5.74) is 6.22. The molecule has 0 saturated heterocycles. The van der Waals surface area contributed by atoms with E-state index in [4.69, 9.17) is 4.74 Å². The van der Waals surface area contributed by atoms with E-state index >= 15 is 0 Å². The normalized spacial score (nSPS) is 20.3. The molecule has 3 aromatic rings. The van der Waals surface area contributed by atoms with E-state index in [0.717, 1.165) is 33.4 Å². The highest BCUT2D eigenvalue weighted by atomic mass is 16.5. The monoisotopic (exact) mass is 441 g/mol. The van der Waals surface area contributed by atoms with Crippen LogP contribution in [0.5, 0.6) is 0 Å². The average Bonchev–Trinajstić information content (AvgIpc) is 3.13. The van der Waals surface area contributed by atoms with Crippen molar-refractivity contribution in [2.45, 2.75) is 37.6 Å². The molecule has 0 aliphatic heterocycles. The fraction of sp³-hybridized carbons (Fsp3) is 0.286. The van der Waals surface area contributed by atoms with Crippen LogP contribution in [-0.4, -0.2) is 23.8 Å². The van der Waals surface area contributed by atoms with Crippen LogP contribution < -0.4 is 5.32 Å². The minimum atomic E-state index is -0.915. The molecule has 0 fully saturated rings. The van der Waals surface area contributed by atoms with Gasteiger partial charge in [-0.1, -0.05) is 86.6 Å². The molecular weight excluding hydrogens is 414 g/mol. The molecule has 0 spiro atoms. The SMILES string of the molecule is CC1(C)C[C@H](C(=O)O)[C@H](NC(=O)OCC2c3ccccc3-c3ccccc32)c2ccccc21. The number of hydrogen-bond donors (Lipinski definition) is 2. The second-order valence-electron chi connectivity index (χ2n) is 9.57. The Bertz CT molecular complexity index is 1190. The van der Waals surface area contributed by atoms with Gasteiger partial charge >= 0.3 is 12.1 Å². The molecular formula is C28H27NO4. The van der Waals surface area contributed by atoms with Crippen molar-refractivity contribution < 1.29 is 19.4 Å². The number of amides is 1. The largest absolute Gasteiger partial charge is 0.481 e. The molecule has 0 saturated carbocycles. The first-order valence-corrected chi connectivity index (χ1v) is 11.3. The molecule has 1 amide bonds. The first-order chi connectivity index (χ1) is 15.9. The van der Waals surface area contributed by atoms with Gasteiger partial charge in [0.2, 0.25) is 0 Å². The van der Waals surface area contributed by atoms with Gasteiger partial charge in [-0.15, -0.1) is 0 Å². The zero-order chi connectivity index (χ0) is 23.2.